The number of nitrogens with zero attached hydrogens (tertiary/aromatic N) is 2. The molecule has 1 saturated heterocycles. The van der Waals surface area contributed by atoms with E-state index in [0.29, 0.717) is 16.6 Å². The van der Waals surface area contributed by atoms with Gasteiger partial charge in [-0.1, -0.05) is 50.1 Å². The zero-order chi connectivity index (χ0) is 22.5. The molecule has 1 aliphatic carbocycles. The summed E-state index contributed by atoms with van der Waals surface area (Å²) in [5.41, 5.74) is 1.68. The number of carbonyl (C=O) groups is 2. The maximum absolute atomic E-state index is 13.5. The van der Waals surface area contributed by atoms with Crippen molar-refractivity contribution in [1.29, 1.82) is 0 Å². The minimum absolute atomic E-state index is 0.00497. The maximum Gasteiger partial charge on any atom is 0.341 e. The number of carboxylic acids is 1. The first-order valence-electron chi connectivity index (χ1n) is 10.8. The Bertz CT molecular complexity index is 1030. The van der Waals surface area contributed by atoms with Gasteiger partial charge < -0.3 is 9.84 Å². The molecule has 1 heterocycles. The second-order valence-electron chi connectivity index (χ2n) is 8.10. The molecular formula is C25H26N2O4S. The highest BCUT2D eigenvalue weighted by atomic mass is 32.2. The lowest BCUT2D eigenvalue weighted by molar-refractivity contribution is -0.139. The largest absolute Gasteiger partial charge is 0.482 e. The van der Waals surface area contributed by atoms with Crippen LogP contribution >= 0.6 is 11.8 Å². The SMILES string of the molecule is C[C@H]1CCCC[C@H]1N1C(=O)/C(=C/c2ccc(OCC(=O)O)cc2)SC1=Nc1ccccc1. The van der Waals surface area contributed by atoms with Crippen LogP contribution in [0.5, 0.6) is 5.75 Å². The standard InChI is InChI=1S/C25H26N2O4S/c1-17-7-5-6-10-21(17)27-24(30)22(32-25(27)26-19-8-3-2-4-9-19)15-18-11-13-20(14-12-18)31-16-23(28)29/h2-4,8-9,11-15,17,21H,5-7,10,16H2,1H3,(H,28,29)/b22-15-,26-25?/t17-,21+/m0/s1. The third kappa shape index (κ3) is 5.22. The number of amidine groups is 1. The number of aliphatic carboxylic acids is 1. The number of ether oxygens (including phenoxy) is 1. The molecule has 2 aromatic rings. The van der Waals surface area contributed by atoms with Gasteiger partial charge in [0.25, 0.3) is 5.91 Å². The van der Waals surface area contributed by atoms with Crippen molar-refractivity contribution >= 4 is 40.6 Å². The lowest BCUT2D eigenvalue weighted by Gasteiger charge is -2.35. The number of aliphatic imine (C=N–C) groups is 1. The number of carbonyl (C=O) groups excluding carboxylic acids is 1. The van der Waals surface area contributed by atoms with Gasteiger partial charge in [0.2, 0.25) is 0 Å². The molecule has 6 nitrogen and oxygen atoms in total. The van der Waals surface area contributed by atoms with E-state index in [1.807, 2.05) is 53.4 Å². The van der Waals surface area contributed by atoms with E-state index < -0.39 is 5.97 Å². The molecule has 2 fully saturated rings. The molecule has 0 unspecified atom stereocenters. The number of benzene rings is 2. The zero-order valence-corrected chi connectivity index (χ0v) is 18.8. The molecule has 2 aromatic carbocycles. The summed E-state index contributed by atoms with van der Waals surface area (Å²) >= 11 is 1.41. The Labute approximate surface area is 192 Å². The number of para-hydroxylation sites is 1. The predicted molar refractivity (Wildman–Crippen MR) is 127 cm³/mol. The lowest BCUT2D eigenvalue weighted by Crippen LogP contribution is -2.44. The van der Waals surface area contributed by atoms with Gasteiger partial charge in [0.05, 0.1) is 10.6 Å². The normalized spacial score (nSPS) is 23.7. The van der Waals surface area contributed by atoms with Crippen LogP contribution in [0, 0.1) is 5.92 Å². The van der Waals surface area contributed by atoms with E-state index in [9.17, 15) is 9.59 Å². The summed E-state index contributed by atoms with van der Waals surface area (Å²) in [6.45, 7) is 1.84. The minimum Gasteiger partial charge on any atom is -0.482 e. The number of amides is 1. The summed E-state index contributed by atoms with van der Waals surface area (Å²) in [4.78, 5) is 31.5. The smallest absolute Gasteiger partial charge is 0.341 e. The fourth-order valence-corrected chi connectivity index (χ4v) is 5.15. The van der Waals surface area contributed by atoms with Crippen molar-refractivity contribution in [3.05, 3.63) is 65.1 Å². The second-order valence-corrected chi connectivity index (χ2v) is 9.11. The van der Waals surface area contributed by atoms with Crippen LogP contribution in [-0.2, 0) is 9.59 Å². The average Bonchev–Trinajstić information content (AvgIpc) is 3.08. The Kier molecular flexibility index (Phi) is 6.95. The van der Waals surface area contributed by atoms with Gasteiger partial charge >= 0.3 is 5.97 Å². The van der Waals surface area contributed by atoms with Gasteiger partial charge in [-0.25, -0.2) is 9.79 Å². The summed E-state index contributed by atoms with van der Waals surface area (Å²) in [6, 6.07) is 16.9. The predicted octanol–water partition coefficient (Wildman–Crippen LogP) is 5.33. The van der Waals surface area contributed by atoms with Gasteiger partial charge in [-0.05, 0) is 66.4 Å². The van der Waals surface area contributed by atoms with Gasteiger partial charge in [-0.15, -0.1) is 0 Å². The summed E-state index contributed by atoms with van der Waals surface area (Å²) in [5.74, 6) is -0.121. The molecule has 166 valence electrons. The Morgan fingerprint density at radius 1 is 1.16 bits per heavy atom. The van der Waals surface area contributed by atoms with E-state index in [2.05, 4.69) is 6.92 Å². The fourth-order valence-electron chi connectivity index (χ4n) is 4.11. The monoisotopic (exact) mass is 450 g/mol. The van der Waals surface area contributed by atoms with E-state index in [1.165, 1.54) is 18.2 Å². The molecular weight excluding hydrogens is 424 g/mol. The number of thioether (sulfide) groups is 1. The number of carboxylic acid groups (broad SMARTS) is 1. The number of hydrogen-bond acceptors (Lipinski definition) is 5. The molecule has 1 amide bonds. The van der Waals surface area contributed by atoms with Crippen molar-refractivity contribution in [3.8, 4) is 5.75 Å². The first kappa shape index (κ1) is 22.1. The minimum atomic E-state index is -1.02. The van der Waals surface area contributed by atoms with Crippen LogP contribution in [0.3, 0.4) is 0 Å². The van der Waals surface area contributed by atoms with Crippen LogP contribution in [0.2, 0.25) is 0 Å². The quantitative estimate of drug-likeness (QED) is 0.602. The Hall–Kier alpha value is -3.06. The molecule has 0 aromatic heterocycles. The molecule has 1 aliphatic heterocycles. The molecule has 7 heteroatoms. The Morgan fingerprint density at radius 2 is 1.88 bits per heavy atom. The summed E-state index contributed by atoms with van der Waals surface area (Å²) in [7, 11) is 0. The molecule has 0 radical (unpaired) electrons. The fraction of sp³-hybridized carbons (Fsp3) is 0.320. The highest BCUT2D eigenvalue weighted by Crippen LogP contribution is 2.40. The van der Waals surface area contributed by atoms with Crippen LogP contribution < -0.4 is 4.74 Å². The van der Waals surface area contributed by atoms with Crippen molar-refractivity contribution in [2.45, 2.75) is 38.6 Å². The topological polar surface area (TPSA) is 79.2 Å². The molecule has 2 aliphatic rings. The van der Waals surface area contributed by atoms with Gasteiger partial charge in [0.15, 0.2) is 11.8 Å². The van der Waals surface area contributed by atoms with Gasteiger partial charge in [-0.3, -0.25) is 9.69 Å². The van der Waals surface area contributed by atoms with Crippen LogP contribution in [0.1, 0.15) is 38.2 Å². The van der Waals surface area contributed by atoms with Crippen LogP contribution in [0.15, 0.2) is 64.5 Å². The third-order valence-electron chi connectivity index (χ3n) is 5.76. The number of hydrogen-bond donors (Lipinski definition) is 1. The second kappa shape index (κ2) is 10.0. The summed E-state index contributed by atoms with van der Waals surface area (Å²) < 4.78 is 5.19. The molecule has 32 heavy (non-hydrogen) atoms. The Morgan fingerprint density at radius 3 is 2.56 bits per heavy atom. The summed E-state index contributed by atoms with van der Waals surface area (Å²) in [5, 5.41) is 9.47. The third-order valence-corrected chi connectivity index (χ3v) is 6.74. The first-order valence-corrected chi connectivity index (χ1v) is 11.6. The Balaban J connectivity index is 1.61. The van der Waals surface area contributed by atoms with E-state index in [1.54, 1.807) is 12.1 Å². The lowest BCUT2D eigenvalue weighted by atomic mass is 9.85. The average molecular weight is 451 g/mol. The van der Waals surface area contributed by atoms with Crippen molar-refractivity contribution in [1.82, 2.24) is 4.90 Å². The van der Waals surface area contributed by atoms with Crippen molar-refractivity contribution < 1.29 is 19.4 Å². The van der Waals surface area contributed by atoms with E-state index in [-0.39, 0.29) is 18.6 Å². The van der Waals surface area contributed by atoms with Crippen molar-refractivity contribution in [2.24, 2.45) is 10.9 Å². The molecule has 1 saturated carbocycles. The molecule has 1 N–H and O–H groups in total. The van der Waals surface area contributed by atoms with Gasteiger partial charge in [0.1, 0.15) is 5.75 Å². The van der Waals surface area contributed by atoms with Crippen molar-refractivity contribution in [2.75, 3.05) is 6.61 Å². The van der Waals surface area contributed by atoms with Crippen LogP contribution in [-0.4, -0.2) is 39.7 Å². The highest BCUT2D eigenvalue weighted by Gasteiger charge is 2.41. The molecule has 0 bridgehead atoms. The molecule has 0 spiro atoms. The highest BCUT2D eigenvalue weighted by molar-refractivity contribution is 8.18. The first-order chi connectivity index (χ1) is 15.5. The van der Waals surface area contributed by atoms with Crippen LogP contribution in [0.25, 0.3) is 6.08 Å². The zero-order valence-electron chi connectivity index (χ0n) is 17.9. The number of rotatable bonds is 6. The van der Waals surface area contributed by atoms with E-state index in [0.717, 1.165) is 35.7 Å². The maximum atomic E-state index is 13.5. The van der Waals surface area contributed by atoms with Crippen molar-refractivity contribution in [3.63, 3.8) is 0 Å². The van der Waals surface area contributed by atoms with Gasteiger partial charge in [-0.2, -0.15) is 0 Å². The van der Waals surface area contributed by atoms with E-state index in [4.69, 9.17) is 14.8 Å². The van der Waals surface area contributed by atoms with E-state index >= 15 is 0 Å². The van der Waals surface area contributed by atoms with Crippen LogP contribution in [0.4, 0.5) is 5.69 Å². The molecule has 2 atom stereocenters. The summed E-state index contributed by atoms with van der Waals surface area (Å²) in [6.07, 6.45) is 6.30. The molecule has 4 rings (SSSR count). The van der Waals surface area contributed by atoms with Gasteiger partial charge in [0, 0.05) is 6.04 Å².